The van der Waals surface area contributed by atoms with Crippen LogP contribution in [0.4, 0.5) is 0 Å². The molecule has 0 bridgehead atoms. The summed E-state index contributed by atoms with van der Waals surface area (Å²) in [6.07, 6.45) is 12.8. The smallest absolute Gasteiger partial charge is 0.0952 e. The van der Waals surface area contributed by atoms with Crippen molar-refractivity contribution >= 4 is 0 Å². The Hall–Kier alpha value is -1.84. The van der Waals surface area contributed by atoms with Crippen LogP contribution in [0.3, 0.4) is 0 Å². The molecule has 0 amide bonds. The van der Waals surface area contributed by atoms with Gasteiger partial charge in [0.05, 0.1) is 17.3 Å². The van der Waals surface area contributed by atoms with E-state index in [0.29, 0.717) is 36.0 Å². The van der Waals surface area contributed by atoms with Crippen molar-refractivity contribution in [1.29, 1.82) is 0 Å². The molecule has 2 aromatic rings. The van der Waals surface area contributed by atoms with Crippen molar-refractivity contribution in [2.24, 2.45) is 74.9 Å². The van der Waals surface area contributed by atoms with Gasteiger partial charge in [-0.2, -0.15) is 0 Å². The van der Waals surface area contributed by atoms with Crippen LogP contribution in [0.15, 0.2) is 60.7 Å². The molecule has 7 nitrogen and oxygen atoms in total. The van der Waals surface area contributed by atoms with Crippen LogP contribution in [0.5, 0.6) is 0 Å². The van der Waals surface area contributed by atoms with Crippen molar-refractivity contribution in [3.05, 3.63) is 71.8 Å². The minimum atomic E-state index is -0.850. The van der Waals surface area contributed by atoms with Crippen LogP contribution in [0.2, 0.25) is 0 Å². The van der Waals surface area contributed by atoms with Crippen molar-refractivity contribution in [2.45, 2.75) is 142 Å². The second-order valence-corrected chi connectivity index (χ2v) is 21.6. The van der Waals surface area contributed by atoms with E-state index in [4.69, 9.17) is 0 Å². The molecule has 58 heavy (non-hydrogen) atoms. The third-order valence-electron chi connectivity index (χ3n) is 19.5. The standard InChI is InChI=1S/C26H40O3.C25H38O4/c1-18-9-12-24(2,20(15-18)16-27)22-10-13-25(3)23(21(22)17-28)11-14-26(25,29)19-7-5-4-6-8-19;1-23(11-8-19(28)14-18(23)15-26)21-9-12-24(2)22(20(21)16-27)10-13-25(24,29)17-6-4-3-5-7-17/h4-8,18,20-23,27-29H,9-17H2,1-3H3;3-7,18-22,26-29H,8-16H2,1-2H3/t18-,20+,21+,22-,23-,24-,25-,26+;18-,19+,20-,21+,22+,23+,24+,25-/m01/s1. The predicted molar refractivity (Wildman–Crippen MR) is 229 cm³/mol. The molecular formula is C51H78O7. The molecule has 16 atom stereocenters. The molecule has 6 saturated carbocycles. The van der Waals surface area contributed by atoms with Crippen molar-refractivity contribution in [2.75, 3.05) is 26.4 Å². The second-order valence-electron chi connectivity index (χ2n) is 21.6. The maximum atomic E-state index is 11.9. The molecule has 0 spiro atoms. The van der Waals surface area contributed by atoms with Crippen molar-refractivity contribution < 1.29 is 35.7 Å². The number of fused-ring (bicyclic) bond motifs is 2. The van der Waals surface area contributed by atoms with Crippen LogP contribution < -0.4 is 0 Å². The number of rotatable bonds is 8. The van der Waals surface area contributed by atoms with E-state index in [9.17, 15) is 35.7 Å². The summed E-state index contributed by atoms with van der Waals surface area (Å²) in [4.78, 5) is 0. The van der Waals surface area contributed by atoms with Crippen LogP contribution in [-0.2, 0) is 11.2 Å². The quantitative estimate of drug-likeness (QED) is 0.143. The van der Waals surface area contributed by atoms with Gasteiger partial charge in [-0.1, -0.05) is 102 Å². The van der Waals surface area contributed by atoms with Gasteiger partial charge in [-0.25, -0.2) is 0 Å². The summed E-state index contributed by atoms with van der Waals surface area (Å²) in [5.74, 6) is 2.73. The molecule has 0 unspecified atom stereocenters. The molecule has 6 aliphatic rings. The Morgan fingerprint density at radius 1 is 0.483 bits per heavy atom. The average molecular weight is 803 g/mol. The van der Waals surface area contributed by atoms with E-state index < -0.39 is 11.2 Å². The number of hydrogen-bond donors (Lipinski definition) is 7. The summed E-state index contributed by atoms with van der Waals surface area (Å²) in [6, 6.07) is 20.3. The van der Waals surface area contributed by atoms with Crippen LogP contribution in [-0.4, -0.2) is 68.3 Å². The molecule has 0 saturated heterocycles. The number of aliphatic hydroxyl groups excluding tert-OH is 5. The van der Waals surface area contributed by atoms with Crippen molar-refractivity contribution in [3.63, 3.8) is 0 Å². The SMILES string of the molecule is C[C@H]1CC[C@](C)([C@H]2CC[C@@]3(C)[C@@H](CC[C@@]3(O)c3ccccc3)[C@@H]2CO)[C@@H](CO)C1.C[C@]1([C@H]2CC[C@@]3(C)[C@@H](CC[C@@]3(O)c3ccccc3)[C@@H]2CO)CC[C@H](O)C[C@@H]1CO. The number of benzene rings is 2. The summed E-state index contributed by atoms with van der Waals surface area (Å²) in [5.41, 5.74) is -0.0680. The van der Waals surface area contributed by atoms with Crippen LogP contribution >= 0.6 is 0 Å². The third kappa shape index (κ3) is 6.97. The Kier molecular flexibility index (Phi) is 12.8. The first-order valence-corrected chi connectivity index (χ1v) is 23.3. The van der Waals surface area contributed by atoms with E-state index in [-0.39, 0.29) is 77.9 Å². The van der Waals surface area contributed by atoms with E-state index in [1.54, 1.807) is 0 Å². The Bertz CT molecular complexity index is 1530. The molecule has 0 aromatic heterocycles. The molecule has 0 aliphatic heterocycles. The van der Waals surface area contributed by atoms with E-state index in [1.807, 2.05) is 48.5 Å². The minimum Gasteiger partial charge on any atom is -0.396 e. The van der Waals surface area contributed by atoms with Gasteiger partial charge in [0, 0.05) is 37.3 Å². The molecule has 2 aromatic carbocycles. The fourth-order valence-corrected chi connectivity index (χ4v) is 15.7. The highest BCUT2D eigenvalue weighted by molar-refractivity contribution is 5.30. The van der Waals surface area contributed by atoms with Crippen LogP contribution in [0, 0.1) is 74.9 Å². The highest BCUT2D eigenvalue weighted by Crippen LogP contribution is 2.69. The molecule has 324 valence electrons. The molecule has 6 aliphatic carbocycles. The van der Waals surface area contributed by atoms with Gasteiger partial charge in [-0.3, -0.25) is 0 Å². The summed E-state index contributed by atoms with van der Waals surface area (Å²) < 4.78 is 0. The highest BCUT2D eigenvalue weighted by atomic mass is 16.3. The van der Waals surface area contributed by atoms with Gasteiger partial charge in [0.15, 0.2) is 0 Å². The average Bonchev–Trinajstić information content (AvgIpc) is 3.68. The number of aliphatic hydroxyl groups is 7. The van der Waals surface area contributed by atoms with E-state index in [0.717, 1.165) is 88.2 Å². The van der Waals surface area contributed by atoms with Gasteiger partial charge < -0.3 is 35.7 Å². The Balaban J connectivity index is 0.000000177. The van der Waals surface area contributed by atoms with Gasteiger partial charge in [0.2, 0.25) is 0 Å². The van der Waals surface area contributed by atoms with Crippen molar-refractivity contribution in [1.82, 2.24) is 0 Å². The van der Waals surface area contributed by atoms with Gasteiger partial charge in [0.1, 0.15) is 0 Å². The zero-order valence-corrected chi connectivity index (χ0v) is 36.4. The van der Waals surface area contributed by atoms with Crippen LogP contribution in [0.25, 0.3) is 0 Å². The van der Waals surface area contributed by atoms with E-state index in [2.05, 4.69) is 46.8 Å². The monoisotopic (exact) mass is 803 g/mol. The molecular weight excluding hydrogens is 725 g/mol. The zero-order chi connectivity index (χ0) is 41.7. The Labute approximate surface area is 349 Å². The van der Waals surface area contributed by atoms with Crippen molar-refractivity contribution in [3.8, 4) is 0 Å². The molecule has 6 fully saturated rings. The topological polar surface area (TPSA) is 142 Å². The summed E-state index contributed by atoms with van der Waals surface area (Å²) in [6.45, 7) is 12.1. The lowest BCUT2D eigenvalue weighted by molar-refractivity contribution is -0.153. The summed E-state index contributed by atoms with van der Waals surface area (Å²) in [5, 5.41) is 75.3. The van der Waals surface area contributed by atoms with E-state index in [1.165, 1.54) is 6.42 Å². The largest absolute Gasteiger partial charge is 0.396 e. The minimum absolute atomic E-state index is 0.0732. The summed E-state index contributed by atoms with van der Waals surface area (Å²) in [7, 11) is 0. The van der Waals surface area contributed by atoms with Gasteiger partial charge in [0.25, 0.3) is 0 Å². The molecule has 7 N–H and O–H groups in total. The van der Waals surface area contributed by atoms with Crippen LogP contribution in [0.1, 0.15) is 136 Å². The predicted octanol–water partition coefficient (Wildman–Crippen LogP) is 8.21. The lowest BCUT2D eigenvalue weighted by Gasteiger charge is -2.58. The highest BCUT2D eigenvalue weighted by Gasteiger charge is 2.65. The fraction of sp³-hybridized carbons (Fsp3) is 0.765. The first-order chi connectivity index (χ1) is 27.6. The number of hydrogen-bond acceptors (Lipinski definition) is 7. The molecule has 7 heteroatoms. The van der Waals surface area contributed by atoms with Gasteiger partial charge >= 0.3 is 0 Å². The fourth-order valence-electron chi connectivity index (χ4n) is 15.7. The maximum Gasteiger partial charge on any atom is 0.0952 e. The lowest BCUT2D eigenvalue weighted by Crippen LogP contribution is -2.55. The zero-order valence-electron chi connectivity index (χ0n) is 36.4. The Morgan fingerprint density at radius 2 is 0.879 bits per heavy atom. The summed E-state index contributed by atoms with van der Waals surface area (Å²) >= 11 is 0. The van der Waals surface area contributed by atoms with Gasteiger partial charge in [-0.15, -0.1) is 0 Å². The molecule has 0 heterocycles. The normalized spacial score (nSPS) is 47.7. The Morgan fingerprint density at radius 3 is 1.29 bits per heavy atom. The molecule has 8 rings (SSSR count). The maximum absolute atomic E-state index is 11.9. The second kappa shape index (κ2) is 16.8. The third-order valence-corrected chi connectivity index (χ3v) is 19.5. The first-order valence-electron chi connectivity index (χ1n) is 23.3. The van der Waals surface area contributed by atoms with E-state index >= 15 is 0 Å². The first kappa shape index (κ1) is 44.2. The van der Waals surface area contributed by atoms with Gasteiger partial charge in [-0.05, 0) is 159 Å². The lowest BCUT2D eigenvalue weighted by atomic mass is 9.48. The molecule has 0 radical (unpaired) electrons.